The number of hydrogen-bond acceptors (Lipinski definition) is 2. The molecule has 0 aliphatic heterocycles. The van der Waals surface area contributed by atoms with Gasteiger partial charge in [0.15, 0.2) is 0 Å². The summed E-state index contributed by atoms with van der Waals surface area (Å²) in [7, 11) is 0. The summed E-state index contributed by atoms with van der Waals surface area (Å²) in [4.78, 5) is 12.3. The summed E-state index contributed by atoms with van der Waals surface area (Å²) < 4.78 is 14.5. The Morgan fingerprint density at radius 3 is 2.56 bits per heavy atom. The summed E-state index contributed by atoms with van der Waals surface area (Å²) in [6, 6.07) is 10.0. The maximum Gasteiger partial charge on any atom is 0.253 e. The Balaban J connectivity index is 2.07. The van der Waals surface area contributed by atoms with Crippen molar-refractivity contribution < 1.29 is 9.18 Å². The van der Waals surface area contributed by atoms with Crippen molar-refractivity contribution in [3.05, 3.63) is 62.8 Å². The zero-order valence-corrected chi connectivity index (χ0v) is 16.8. The smallest absolute Gasteiger partial charge is 0.253 e. The van der Waals surface area contributed by atoms with Crippen molar-refractivity contribution in [2.75, 3.05) is 5.32 Å². The molecule has 0 aliphatic carbocycles. The normalized spacial score (nSPS) is 11.3. The first-order chi connectivity index (χ1) is 11.7. The van der Waals surface area contributed by atoms with Gasteiger partial charge in [0.05, 0.1) is 10.6 Å². The number of anilines is 1. The van der Waals surface area contributed by atoms with Crippen LogP contribution in [0.1, 0.15) is 43.1 Å². The first-order valence-corrected chi connectivity index (χ1v) is 9.19. The molecule has 134 valence electrons. The van der Waals surface area contributed by atoms with E-state index in [0.717, 1.165) is 12.1 Å². The lowest BCUT2D eigenvalue weighted by Gasteiger charge is -2.24. The molecule has 2 N–H and O–H groups in total. The molecule has 2 aromatic carbocycles. The van der Waals surface area contributed by atoms with Crippen molar-refractivity contribution in [2.45, 2.75) is 39.3 Å². The van der Waals surface area contributed by atoms with Crippen LogP contribution in [-0.2, 0) is 6.54 Å². The van der Waals surface area contributed by atoms with E-state index in [2.05, 4.69) is 26.6 Å². The second-order valence-electron chi connectivity index (χ2n) is 6.48. The van der Waals surface area contributed by atoms with Crippen LogP contribution in [0.5, 0.6) is 0 Å². The monoisotopic (exact) mass is 426 g/mol. The quantitative estimate of drug-likeness (QED) is 0.614. The standard InChI is InChI=1S/C19H21BrClFN2O/c1-4-19(2,3)24-18(25)15-8-7-14(10-16(15)21)23-11-12-5-6-13(20)9-17(12)22/h5-10,23H,4,11H2,1-3H3,(H,24,25). The molecule has 0 bridgehead atoms. The van der Waals surface area contributed by atoms with Gasteiger partial charge in [-0.3, -0.25) is 4.79 Å². The Morgan fingerprint density at radius 1 is 1.24 bits per heavy atom. The van der Waals surface area contributed by atoms with Gasteiger partial charge in [-0.1, -0.05) is 40.5 Å². The lowest BCUT2D eigenvalue weighted by Crippen LogP contribution is -2.42. The van der Waals surface area contributed by atoms with Crippen molar-refractivity contribution in [1.29, 1.82) is 0 Å². The summed E-state index contributed by atoms with van der Waals surface area (Å²) in [6.07, 6.45) is 0.814. The van der Waals surface area contributed by atoms with Crippen LogP contribution in [0.15, 0.2) is 40.9 Å². The van der Waals surface area contributed by atoms with Crippen LogP contribution in [0.4, 0.5) is 10.1 Å². The molecule has 0 fully saturated rings. The van der Waals surface area contributed by atoms with E-state index in [-0.39, 0.29) is 17.3 Å². The van der Waals surface area contributed by atoms with Gasteiger partial charge < -0.3 is 10.6 Å². The fourth-order valence-corrected chi connectivity index (χ4v) is 2.73. The molecule has 0 spiro atoms. The van der Waals surface area contributed by atoms with Crippen LogP contribution in [0.3, 0.4) is 0 Å². The fraction of sp³-hybridized carbons (Fsp3) is 0.316. The van der Waals surface area contributed by atoms with Gasteiger partial charge in [0.1, 0.15) is 5.82 Å². The number of benzene rings is 2. The SMILES string of the molecule is CCC(C)(C)NC(=O)c1ccc(NCc2ccc(Br)cc2F)cc1Cl. The Morgan fingerprint density at radius 2 is 1.96 bits per heavy atom. The zero-order valence-electron chi connectivity index (χ0n) is 14.4. The van der Waals surface area contributed by atoms with Crippen LogP contribution in [0.2, 0.25) is 5.02 Å². The van der Waals surface area contributed by atoms with E-state index >= 15 is 0 Å². The molecule has 3 nitrogen and oxygen atoms in total. The fourth-order valence-electron chi connectivity index (χ4n) is 2.13. The Labute approximate surface area is 161 Å². The van der Waals surface area contributed by atoms with Crippen molar-refractivity contribution in [3.63, 3.8) is 0 Å². The minimum Gasteiger partial charge on any atom is -0.381 e. The molecular weight excluding hydrogens is 407 g/mol. The van der Waals surface area contributed by atoms with Crippen molar-refractivity contribution in [3.8, 4) is 0 Å². The minimum absolute atomic E-state index is 0.206. The molecule has 0 heterocycles. The summed E-state index contributed by atoms with van der Waals surface area (Å²) in [5.74, 6) is -0.492. The predicted molar refractivity (Wildman–Crippen MR) is 105 cm³/mol. The van der Waals surface area contributed by atoms with Crippen molar-refractivity contribution in [1.82, 2.24) is 5.32 Å². The molecular formula is C19H21BrClFN2O. The number of nitrogens with one attached hydrogen (secondary N) is 2. The highest BCUT2D eigenvalue weighted by molar-refractivity contribution is 9.10. The number of carbonyl (C=O) groups excluding carboxylic acids is 1. The van der Waals surface area contributed by atoms with E-state index < -0.39 is 0 Å². The largest absolute Gasteiger partial charge is 0.381 e. The van der Waals surface area contributed by atoms with Gasteiger partial charge in [-0.2, -0.15) is 0 Å². The van der Waals surface area contributed by atoms with Crippen molar-refractivity contribution in [2.24, 2.45) is 0 Å². The molecule has 0 aliphatic rings. The van der Waals surface area contributed by atoms with Gasteiger partial charge in [-0.05, 0) is 50.6 Å². The van der Waals surface area contributed by atoms with E-state index in [1.807, 2.05) is 20.8 Å². The molecule has 2 rings (SSSR count). The first kappa shape index (κ1) is 19.7. The van der Waals surface area contributed by atoms with E-state index in [9.17, 15) is 9.18 Å². The predicted octanol–water partition coefficient (Wildman–Crippen LogP) is 5.77. The maximum absolute atomic E-state index is 13.8. The third-order valence-corrected chi connectivity index (χ3v) is 4.85. The summed E-state index contributed by atoms with van der Waals surface area (Å²) in [6.45, 7) is 6.25. The Hall–Kier alpha value is -1.59. The van der Waals surface area contributed by atoms with Gasteiger partial charge in [0, 0.05) is 27.8 Å². The number of hydrogen-bond donors (Lipinski definition) is 2. The van der Waals surface area contributed by atoms with Crippen LogP contribution >= 0.6 is 27.5 Å². The first-order valence-electron chi connectivity index (χ1n) is 8.01. The Bertz CT molecular complexity index is 780. The molecule has 2 aromatic rings. The van der Waals surface area contributed by atoms with E-state index in [1.54, 1.807) is 30.3 Å². The Kier molecular flexibility index (Phi) is 6.47. The maximum atomic E-state index is 13.8. The molecule has 6 heteroatoms. The molecule has 0 saturated heterocycles. The molecule has 0 saturated carbocycles. The number of carbonyl (C=O) groups is 1. The summed E-state index contributed by atoms with van der Waals surface area (Å²) in [5, 5.41) is 6.42. The second-order valence-corrected chi connectivity index (χ2v) is 7.80. The van der Waals surface area contributed by atoms with Gasteiger partial charge in [0.25, 0.3) is 5.91 Å². The van der Waals surface area contributed by atoms with Gasteiger partial charge in [-0.25, -0.2) is 4.39 Å². The zero-order chi connectivity index (χ0) is 18.6. The molecule has 0 radical (unpaired) electrons. The van der Waals surface area contributed by atoms with Gasteiger partial charge in [0.2, 0.25) is 0 Å². The average molecular weight is 428 g/mol. The highest BCUT2D eigenvalue weighted by atomic mass is 79.9. The molecule has 0 aromatic heterocycles. The van der Waals surface area contributed by atoms with Crippen LogP contribution < -0.4 is 10.6 Å². The number of amides is 1. The summed E-state index contributed by atoms with van der Waals surface area (Å²) in [5.41, 5.74) is 1.39. The van der Waals surface area contributed by atoms with E-state index in [4.69, 9.17) is 11.6 Å². The average Bonchev–Trinajstić information content (AvgIpc) is 2.53. The molecule has 0 atom stereocenters. The summed E-state index contributed by atoms with van der Waals surface area (Å²) >= 11 is 9.48. The second kappa shape index (κ2) is 8.19. The topological polar surface area (TPSA) is 41.1 Å². The van der Waals surface area contributed by atoms with Crippen molar-refractivity contribution >= 4 is 39.1 Å². The highest BCUT2D eigenvalue weighted by Crippen LogP contribution is 2.23. The number of rotatable bonds is 6. The van der Waals surface area contributed by atoms with Crippen LogP contribution in [0, 0.1) is 5.82 Å². The molecule has 0 unspecified atom stereocenters. The minimum atomic E-state index is -0.295. The van der Waals surface area contributed by atoms with Gasteiger partial charge >= 0.3 is 0 Å². The van der Waals surface area contributed by atoms with Crippen LogP contribution in [0.25, 0.3) is 0 Å². The lowest BCUT2D eigenvalue weighted by molar-refractivity contribution is 0.0911. The van der Waals surface area contributed by atoms with E-state index in [1.165, 1.54) is 6.07 Å². The third kappa shape index (κ3) is 5.44. The number of halogens is 3. The third-order valence-electron chi connectivity index (χ3n) is 4.05. The lowest BCUT2D eigenvalue weighted by atomic mass is 10.0. The molecule has 25 heavy (non-hydrogen) atoms. The van der Waals surface area contributed by atoms with E-state index in [0.29, 0.717) is 27.2 Å². The highest BCUT2D eigenvalue weighted by Gasteiger charge is 2.20. The van der Waals surface area contributed by atoms with Gasteiger partial charge in [-0.15, -0.1) is 0 Å². The van der Waals surface area contributed by atoms with Crippen LogP contribution in [-0.4, -0.2) is 11.4 Å². The molecule has 1 amide bonds.